The van der Waals surface area contributed by atoms with Gasteiger partial charge in [0.15, 0.2) is 5.78 Å². The highest BCUT2D eigenvalue weighted by Gasteiger charge is 2.40. The summed E-state index contributed by atoms with van der Waals surface area (Å²) in [6.45, 7) is 4.84. The third-order valence-corrected chi connectivity index (χ3v) is 4.33. The molecule has 1 aliphatic rings. The molecule has 0 bridgehead atoms. The van der Waals surface area contributed by atoms with Gasteiger partial charge in [0.1, 0.15) is 0 Å². The van der Waals surface area contributed by atoms with Crippen LogP contribution in [0, 0.1) is 6.92 Å². The molecule has 1 heterocycles. The Kier molecular flexibility index (Phi) is 4.42. The van der Waals surface area contributed by atoms with Crippen LogP contribution in [0.25, 0.3) is 0 Å². The molecule has 2 aromatic carbocycles. The number of nitrogens with zero attached hydrogens (tertiary/aromatic N) is 1. The zero-order valence-corrected chi connectivity index (χ0v) is 14.7. The molecule has 0 aromatic heterocycles. The molecular weight excluding hydrogens is 332 g/mol. The molecule has 0 radical (unpaired) electrons. The highest BCUT2D eigenvalue weighted by molar-refractivity contribution is 6.53. The van der Waals surface area contributed by atoms with Crippen LogP contribution in [-0.2, 0) is 9.59 Å². The van der Waals surface area contributed by atoms with Gasteiger partial charge in [-0.2, -0.15) is 0 Å². The van der Waals surface area contributed by atoms with Crippen LogP contribution in [0.4, 0.5) is 11.4 Å². The lowest BCUT2D eigenvalue weighted by molar-refractivity contribution is -0.115. The van der Waals surface area contributed by atoms with Gasteiger partial charge in [-0.15, -0.1) is 0 Å². The summed E-state index contributed by atoms with van der Waals surface area (Å²) in [5.41, 5.74) is 2.64. The predicted octanol–water partition coefficient (Wildman–Crippen LogP) is 2.75. The van der Waals surface area contributed by atoms with E-state index >= 15 is 0 Å². The number of Topliss-reactive ketones (excluding diaryl/α,β-unsaturated/α-hetero) is 2. The Morgan fingerprint density at radius 1 is 1.04 bits per heavy atom. The number of hydrogen-bond acceptors (Lipinski definition) is 4. The maximum atomic E-state index is 12.8. The van der Waals surface area contributed by atoms with E-state index in [1.165, 1.54) is 11.8 Å². The second-order valence-corrected chi connectivity index (χ2v) is 6.32. The highest BCUT2D eigenvalue weighted by atomic mass is 16.2. The van der Waals surface area contributed by atoms with Crippen LogP contribution in [-0.4, -0.2) is 29.4 Å². The highest BCUT2D eigenvalue weighted by Crippen LogP contribution is 2.32. The van der Waals surface area contributed by atoms with Crippen LogP contribution in [0.2, 0.25) is 0 Å². The summed E-state index contributed by atoms with van der Waals surface area (Å²) in [5, 5.41) is 2.63. The third kappa shape index (κ3) is 3.01. The minimum absolute atomic E-state index is 0.203. The van der Waals surface area contributed by atoms with Crippen molar-refractivity contribution in [2.45, 2.75) is 26.8 Å². The summed E-state index contributed by atoms with van der Waals surface area (Å²) in [5.74, 6) is -1.77. The van der Waals surface area contributed by atoms with Crippen molar-refractivity contribution in [1.29, 1.82) is 0 Å². The van der Waals surface area contributed by atoms with Crippen molar-refractivity contribution in [2.75, 3.05) is 10.2 Å². The fourth-order valence-corrected chi connectivity index (χ4v) is 3.04. The molecule has 1 aliphatic heterocycles. The maximum Gasteiger partial charge on any atom is 0.300 e. The van der Waals surface area contributed by atoms with Gasteiger partial charge in [0, 0.05) is 18.2 Å². The van der Waals surface area contributed by atoms with Crippen molar-refractivity contribution < 1.29 is 19.2 Å². The number of aryl methyl sites for hydroxylation is 1. The van der Waals surface area contributed by atoms with Gasteiger partial charge in [-0.25, -0.2) is 0 Å². The van der Waals surface area contributed by atoms with Crippen LogP contribution in [0.15, 0.2) is 42.5 Å². The van der Waals surface area contributed by atoms with Crippen LogP contribution in [0.5, 0.6) is 0 Å². The molecule has 1 N–H and O–H groups in total. The van der Waals surface area contributed by atoms with Gasteiger partial charge in [-0.1, -0.05) is 11.6 Å². The Morgan fingerprint density at radius 3 is 2.31 bits per heavy atom. The van der Waals surface area contributed by atoms with Gasteiger partial charge in [-0.3, -0.25) is 24.1 Å². The Hall–Kier alpha value is -3.28. The lowest BCUT2D eigenvalue weighted by Gasteiger charge is -2.23. The monoisotopic (exact) mass is 350 g/mol. The molecule has 6 nitrogen and oxygen atoms in total. The molecule has 6 heteroatoms. The van der Waals surface area contributed by atoms with E-state index in [-0.39, 0.29) is 11.7 Å². The van der Waals surface area contributed by atoms with E-state index in [0.29, 0.717) is 22.5 Å². The quantitative estimate of drug-likeness (QED) is 0.679. The first-order valence-corrected chi connectivity index (χ1v) is 8.20. The first-order chi connectivity index (χ1) is 12.3. The first kappa shape index (κ1) is 17.5. The fourth-order valence-electron chi connectivity index (χ4n) is 3.04. The van der Waals surface area contributed by atoms with E-state index in [2.05, 4.69) is 5.32 Å². The van der Waals surface area contributed by atoms with Crippen molar-refractivity contribution in [2.24, 2.45) is 0 Å². The van der Waals surface area contributed by atoms with Gasteiger partial charge < -0.3 is 5.32 Å². The summed E-state index contributed by atoms with van der Waals surface area (Å²) in [7, 11) is 0. The van der Waals surface area contributed by atoms with Crippen LogP contribution >= 0.6 is 0 Å². The topological polar surface area (TPSA) is 83.6 Å². The number of ketones is 2. The number of amides is 2. The van der Waals surface area contributed by atoms with Gasteiger partial charge in [0.05, 0.1) is 17.3 Å². The van der Waals surface area contributed by atoms with Gasteiger partial charge in [0.25, 0.3) is 11.7 Å². The number of hydrogen-bond donors (Lipinski definition) is 1. The molecule has 2 amide bonds. The summed E-state index contributed by atoms with van der Waals surface area (Å²) in [6.07, 6.45) is 0. The second kappa shape index (κ2) is 6.55. The summed E-state index contributed by atoms with van der Waals surface area (Å²) >= 11 is 0. The smallest absolute Gasteiger partial charge is 0.300 e. The summed E-state index contributed by atoms with van der Waals surface area (Å²) in [6, 6.07) is 10.8. The molecule has 0 fully saturated rings. The average Bonchev–Trinajstić information content (AvgIpc) is 2.85. The van der Waals surface area contributed by atoms with E-state index in [9.17, 15) is 19.2 Å². The number of carbonyl (C=O) groups is 4. The van der Waals surface area contributed by atoms with E-state index in [0.717, 1.165) is 5.56 Å². The van der Waals surface area contributed by atoms with Crippen LogP contribution < -0.4 is 10.2 Å². The number of anilines is 2. The molecule has 2 aromatic rings. The van der Waals surface area contributed by atoms with Crippen molar-refractivity contribution in [3.8, 4) is 0 Å². The zero-order valence-electron chi connectivity index (χ0n) is 14.7. The van der Waals surface area contributed by atoms with Gasteiger partial charge >= 0.3 is 0 Å². The second-order valence-electron chi connectivity index (χ2n) is 6.32. The van der Waals surface area contributed by atoms with Gasteiger partial charge in [0.2, 0.25) is 5.91 Å². The maximum absolute atomic E-state index is 12.8. The number of carbonyl (C=O) groups excluding carboxylic acids is 4. The van der Waals surface area contributed by atoms with E-state index in [1.807, 2.05) is 6.92 Å². The Morgan fingerprint density at radius 2 is 1.69 bits per heavy atom. The summed E-state index contributed by atoms with van der Waals surface area (Å²) < 4.78 is 0. The van der Waals surface area contributed by atoms with Crippen LogP contribution in [0.3, 0.4) is 0 Å². The van der Waals surface area contributed by atoms with Crippen molar-refractivity contribution in [3.63, 3.8) is 0 Å². The molecule has 0 aliphatic carbocycles. The van der Waals surface area contributed by atoms with Crippen LogP contribution in [0.1, 0.15) is 40.1 Å². The molecule has 3 rings (SSSR count). The lowest BCUT2D eigenvalue weighted by Crippen LogP contribution is -2.42. The number of rotatable bonds is 4. The van der Waals surface area contributed by atoms with E-state index in [1.54, 1.807) is 49.4 Å². The van der Waals surface area contributed by atoms with Crippen molar-refractivity contribution in [3.05, 3.63) is 59.2 Å². The standard InChI is InChI=1S/C20H18N2O4/c1-11-4-9-17-16(10-11)19(25)20(26)22(17)12(2)18(24)14-5-7-15(8-6-14)21-13(3)23/h4-10,12H,1-3H3,(H,21,23). The Bertz CT molecular complexity index is 931. The molecule has 0 spiro atoms. The summed E-state index contributed by atoms with van der Waals surface area (Å²) in [4.78, 5) is 49.8. The molecule has 132 valence electrons. The number of fused-ring (bicyclic) bond motifs is 1. The normalized spacial score (nSPS) is 14.2. The van der Waals surface area contributed by atoms with Gasteiger partial charge in [-0.05, 0) is 50.2 Å². The number of nitrogens with one attached hydrogen (secondary N) is 1. The van der Waals surface area contributed by atoms with E-state index < -0.39 is 17.7 Å². The molecule has 0 saturated heterocycles. The first-order valence-electron chi connectivity index (χ1n) is 8.20. The fraction of sp³-hybridized carbons (Fsp3) is 0.200. The largest absolute Gasteiger partial charge is 0.326 e. The lowest BCUT2D eigenvalue weighted by atomic mass is 10.0. The third-order valence-electron chi connectivity index (χ3n) is 4.33. The minimum Gasteiger partial charge on any atom is -0.326 e. The van der Waals surface area contributed by atoms with E-state index in [4.69, 9.17) is 0 Å². The Labute approximate surface area is 150 Å². The molecular formula is C20H18N2O4. The molecule has 1 atom stereocenters. The predicted molar refractivity (Wildman–Crippen MR) is 97.5 cm³/mol. The Balaban J connectivity index is 1.88. The minimum atomic E-state index is -0.818. The molecule has 0 saturated carbocycles. The van der Waals surface area contributed by atoms with Crippen molar-refractivity contribution >= 4 is 34.8 Å². The number of benzene rings is 2. The molecule has 26 heavy (non-hydrogen) atoms. The molecule has 1 unspecified atom stereocenters. The zero-order chi connectivity index (χ0) is 19.0. The van der Waals surface area contributed by atoms with Crippen molar-refractivity contribution in [1.82, 2.24) is 0 Å². The SMILES string of the molecule is CC(=O)Nc1ccc(C(=O)C(C)N2C(=O)C(=O)c3cc(C)ccc32)cc1. The average molecular weight is 350 g/mol.